The van der Waals surface area contributed by atoms with Crippen LogP contribution in [0.1, 0.15) is 25.7 Å². The molecule has 1 aromatic rings. The van der Waals surface area contributed by atoms with Crippen LogP contribution >= 0.6 is 0 Å². The molecule has 0 spiro atoms. The first-order valence-corrected chi connectivity index (χ1v) is 8.04. The fourth-order valence-corrected chi connectivity index (χ4v) is 3.94. The van der Waals surface area contributed by atoms with E-state index < -0.39 is 10.0 Å². The summed E-state index contributed by atoms with van der Waals surface area (Å²) in [5.74, 6) is 6.51. The highest BCUT2D eigenvalue weighted by molar-refractivity contribution is 7.89. The predicted molar refractivity (Wildman–Crippen MR) is 71.6 cm³/mol. The van der Waals surface area contributed by atoms with Crippen LogP contribution in [-0.2, 0) is 10.0 Å². The second-order valence-corrected chi connectivity index (χ2v) is 7.00. The van der Waals surface area contributed by atoms with Crippen molar-refractivity contribution in [3.63, 3.8) is 0 Å². The summed E-state index contributed by atoms with van der Waals surface area (Å²) in [6.45, 7) is 0. The molecule has 0 atom stereocenters. The van der Waals surface area contributed by atoms with Gasteiger partial charge in [-0.2, -0.15) is 0 Å². The molecule has 0 bridgehead atoms. The Morgan fingerprint density at radius 2 is 1.89 bits per heavy atom. The summed E-state index contributed by atoms with van der Waals surface area (Å²) in [7, 11) is -3.57. The number of nitrogen functional groups attached to an aromatic ring is 1. The maximum atomic E-state index is 12.4. The molecule has 2 saturated carbocycles. The Hall–Kier alpha value is -1.18. The molecule has 3 rings (SSSR count). The molecule has 0 saturated heterocycles. The van der Waals surface area contributed by atoms with E-state index in [1.807, 2.05) is 0 Å². The molecule has 1 aromatic heterocycles. The number of nitrogens with one attached hydrogen (secondary N) is 2. The number of hydrogen-bond donors (Lipinski definition) is 3. The molecule has 2 aliphatic rings. The highest BCUT2D eigenvalue weighted by Gasteiger charge is 2.43. The van der Waals surface area contributed by atoms with E-state index in [9.17, 15) is 8.42 Å². The molecular formula is C12H18N4O2S. The van der Waals surface area contributed by atoms with Gasteiger partial charge in [0, 0.05) is 12.2 Å². The van der Waals surface area contributed by atoms with Gasteiger partial charge >= 0.3 is 0 Å². The van der Waals surface area contributed by atoms with Crippen molar-refractivity contribution < 1.29 is 8.42 Å². The molecule has 0 radical (unpaired) electrons. The molecule has 7 heteroatoms. The summed E-state index contributed by atoms with van der Waals surface area (Å²) in [5.41, 5.74) is 2.33. The van der Waals surface area contributed by atoms with Gasteiger partial charge in [-0.3, -0.25) is 0 Å². The highest BCUT2D eigenvalue weighted by Crippen LogP contribution is 2.45. The van der Waals surface area contributed by atoms with Crippen LogP contribution in [0, 0.1) is 11.8 Å². The number of hydrazine groups is 1. The minimum atomic E-state index is -3.57. The molecule has 2 fully saturated rings. The van der Waals surface area contributed by atoms with E-state index in [2.05, 4.69) is 15.1 Å². The molecule has 19 heavy (non-hydrogen) atoms. The Kier molecular flexibility index (Phi) is 3.20. The number of nitrogens with zero attached hydrogens (tertiary/aromatic N) is 1. The summed E-state index contributed by atoms with van der Waals surface area (Å²) in [6.07, 6.45) is 6.00. The van der Waals surface area contributed by atoms with E-state index in [1.165, 1.54) is 12.3 Å². The zero-order valence-corrected chi connectivity index (χ0v) is 11.4. The van der Waals surface area contributed by atoms with Crippen LogP contribution in [0.25, 0.3) is 0 Å². The van der Waals surface area contributed by atoms with Crippen LogP contribution in [0.2, 0.25) is 0 Å². The lowest BCUT2D eigenvalue weighted by Gasteiger charge is -2.18. The number of rotatable bonds is 6. The lowest BCUT2D eigenvalue weighted by atomic mass is 10.1. The minimum absolute atomic E-state index is 0.0795. The van der Waals surface area contributed by atoms with Crippen LogP contribution < -0.4 is 16.0 Å². The van der Waals surface area contributed by atoms with Crippen LogP contribution in [-0.4, -0.2) is 19.4 Å². The Balaban J connectivity index is 1.85. The van der Waals surface area contributed by atoms with Gasteiger partial charge in [-0.05, 0) is 49.7 Å². The minimum Gasteiger partial charge on any atom is -0.307 e. The third kappa shape index (κ3) is 2.72. The summed E-state index contributed by atoms with van der Waals surface area (Å²) in [4.78, 5) is 4.05. The summed E-state index contributed by atoms with van der Waals surface area (Å²) in [6, 6.07) is 3.19. The van der Waals surface area contributed by atoms with Gasteiger partial charge in [0.1, 0.15) is 4.90 Å². The van der Waals surface area contributed by atoms with Crippen LogP contribution in [0.5, 0.6) is 0 Å². The Labute approximate surface area is 112 Å². The maximum Gasteiger partial charge on any atom is 0.244 e. The van der Waals surface area contributed by atoms with Crippen molar-refractivity contribution in [3.05, 3.63) is 18.3 Å². The van der Waals surface area contributed by atoms with Gasteiger partial charge in [0.15, 0.2) is 5.82 Å². The van der Waals surface area contributed by atoms with Gasteiger partial charge in [-0.1, -0.05) is 0 Å². The Morgan fingerprint density at radius 1 is 1.26 bits per heavy atom. The van der Waals surface area contributed by atoms with Crippen LogP contribution in [0.15, 0.2) is 23.2 Å². The molecule has 0 aliphatic heterocycles. The lowest BCUT2D eigenvalue weighted by Crippen LogP contribution is -2.38. The maximum absolute atomic E-state index is 12.4. The monoisotopic (exact) mass is 282 g/mol. The van der Waals surface area contributed by atoms with Crippen molar-refractivity contribution in [1.29, 1.82) is 0 Å². The zero-order chi connectivity index (χ0) is 13.5. The van der Waals surface area contributed by atoms with Crippen molar-refractivity contribution in [2.24, 2.45) is 17.7 Å². The Morgan fingerprint density at radius 3 is 2.42 bits per heavy atom. The first-order valence-electron chi connectivity index (χ1n) is 6.56. The number of anilines is 1. The van der Waals surface area contributed by atoms with Crippen LogP contribution in [0.4, 0.5) is 5.82 Å². The number of sulfonamides is 1. The molecule has 2 aliphatic carbocycles. The van der Waals surface area contributed by atoms with Crippen molar-refractivity contribution in [2.45, 2.75) is 36.6 Å². The molecule has 6 nitrogen and oxygen atoms in total. The summed E-state index contributed by atoms with van der Waals surface area (Å²) >= 11 is 0. The van der Waals surface area contributed by atoms with Gasteiger partial charge in [-0.25, -0.2) is 24.0 Å². The van der Waals surface area contributed by atoms with Gasteiger partial charge in [0.05, 0.1) is 0 Å². The van der Waals surface area contributed by atoms with Crippen molar-refractivity contribution in [2.75, 3.05) is 5.43 Å². The molecule has 1 heterocycles. The number of aromatic nitrogens is 1. The average Bonchev–Trinajstić information content (AvgIpc) is 3.29. The second kappa shape index (κ2) is 4.73. The van der Waals surface area contributed by atoms with Gasteiger partial charge in [0.25, 0.3) is 0 Å². The molecular weight excluding hydrogens is 264 g/mol. The van der Waals surface area contributed by atoms with Crippen LogP contribution in [0.3, 0.4) is 0 Å². The first-order chi connectivity index (χ1) is 9.12. The normalized spacial score (nSPS) is 19.7. The number of nitrogens with two attached hydrogens (primary N) is 1. The molecule has 4 N–H and O–H groups in total. The largest absolute Gasteiger partial charge is 0.307 e. The highest BCUT2D eigenvalue weighted by atomic mass is 32.2. The number of pyridine rings is 1. The van der Waals surface area contributed by atoms with Crippen molar-refractivity contribution in [3.8, 4) is 0 Å². The standard InChI is InChI=1S/C12H18N4O2S/c13-15-12-10(2-1-7-14-12)19(17,18)16-11(8-3-4-8)9-5-6-9/h1-2,7-9,11,16H,3-6,13H2,(H,14,15). The summed E-state index contributed by atoms with van der Waals surface area (Å²) < 4.78 is 27.7. The first kappa shape index (κ1) is 12.8. The third-order valence-corrected chi connectivity index (χ3v) is 5.24. The molecule has 0 unspecified atom stereocenters. The second-order valence-electron chi connectivity index (χ2n) is 5.32. The molecule has 0 amide bonds. The van der Waals surface area contributed by atoms with E-state index in [1.54, 1.807) is 6.07 Å². The van der Waals surface area contributed by atoms with E-state index in [4.69, 9.17) is 5.84 Å². The fraction of sp³-hybridized carbons (Fsp3) is 0.583. The van der Waals surface area contributed by atoms with Gasteiger partial charge < -0.3 is 5.43 Å². The topological polar surface area (TPSA) is 97.1 Å². The smallest absolute Gasteiger partial charge is 0.244 e. The summed E-state index contributed by atoms with van der Waals surface area (Å²) in [5, 5.41) is 0. The lowest BCUT2D eigenvalue weighted by molar-refractivity contribution is 0.471. The quantitative estimate of drug-likeness (QED) is 0.530. The van der Waals surface area contributed by atoms with E-state index in [-0.39, 0.29) is 16.8 Å². The molecule has 104 valence electrons. The Bertz CT molecular complexity index is 555. The SMILES string of the molecule is NNc1ncccc1S(=O)(=O)NC(C1CC1)C1CC1. The molecule has 0 aromatic carbocycles. The van der Waals surface area contributed by atoms with E-state index in [0.717, 1.165) is 25.7 Å². The number of hydrogen-bond acceptors (Lipinski definition) is 5. The average molecular weight is 282 g/mol. The van der Waals surface area contributed by atoms with E-state index >= 15 is 0 Å². The van der Waals surface area contributed by atoms with Crippen molar-refractivity contribution >= 4 is 15.8 Å². The zero-order valence-electron chi connectivity index (χ0n) is 10.5. The van der Waals surface area contributed by atoms with E-state index in [0.29, 0.717) is 11.8 Å². The van der Waals surface area contributed by atoms with Gasteiger partial charge in [0.2, 0.25) is 10.0 Å². The van der Waals surface area contributed by atoms with Crippen molar-refractivity contribution in [1.82, 2.24) is 9.71 Å². The predicted octanol–water partition coefficient (Wildman–Crippen LogP) is 0.834. The third-order valence-electron chi connectivity index (χ3n) is 3.75. The fourth-order valence-electron chi connectivity index (χ4n) is 2.45. The van der Waals surface area contributed by atoms with Gasteiger partial charge in [-0.15, -0.1) is 0 Å².